The van der Waals surface area contributed by atoms with Gasteiger partial charge in [0.2, 0.25) is 0 Å². The van der Waals surface area contributed by atoms with E-state index in [1.165, 1.54) is 7.11 Å². The Kier molecular flexibility index (Phi) is 3.37. The van der Waals surface area contributed by atoms with Crippen molar-refractivity contribution in [1.82, 2.24) is 4.57 Å². The monoisotopic (exact) mass is 245 g/mol. The third kappa shape index (κ3) is 2.22. The van der Waals surface area contributed by atoms with Crippen LogP contribution in [-0.4, -0.2) is 22.8 Å². The molecular formula is C14H15NO3. The molecule has 0 saturated heterocycles. The predicted octanol–water partition coefficient (Wildman–Crippen LogP) is 2.67. The Hall–Kier alpha value is -2.23. The van der Waals surface area contributed by atoms with Crippen LogP contribution in [-0.2, 0) is 11.3 Å². The molecule has 1 aromatic heterocycles. The molecule has 4 nitrogen and oxygen atoms in total. The maximum absolute atomic E-state index is 11.7. The van der Waals surface area contributed by atoms with E-state index in [0.29, 0.717) is 5.56 Å². The van der Waals surface area contributed by atoms with E-state index < -0.39 is 0 Å². The Morgan fingerprint density at radius 1 is 1.39 bits per heavy atom. The van der Waals surface area contributed by atoms with Gasteiger partial charge in [-0.05, 0) is 24.6 Å². The lowest BCUT2D eigenvalue weighted by Gasteiger charge is -2.02. The second-order valence-corrected chi connectivity index (χ2v) is 3.96. The number of aromatic hydroxyl groups is 1. The van der Waals surface area contributed by atoms with Gasteiger partial charge in [-0.2, -0.15) is 0 Å². The fraction of sp³-hybridized carbons (Fsp3) is 0.214. The SMILES string of the molecule is CCn1cc(C(=O)OC)c(-c2cccc(O)c2)c1. The maximum atomic E-state index is 11.7. The van der Waals surface area contributed by atoms with E-state index >= 15 is 0 Å². The molecule has 0 saturated carbocycles. The van der Waals surface area contributed by atoms with Crippen molar-refractivity contribution >= 4 is 5.97 Å². The van der Waals surface area contributed by atoms with Gasteiger partial charge in [-0.15, -0.1) is 0 Å². The molecule has 0 aliphatic carbocycles. The highest BCUT2D eigenvalue weighted by Gasteiger charge is 2.16. The minimum absolute atomic E-state index is 0.174. The number of esters is 1. The lowest BCUT2D eigenvalue weighted by molar-refractivity contribution is 0.0601. The van der Waals surface area contributed by atoms with Crippen molar-refractivity contribution in [2.24, 2.45) is 0 Å². The predicted molar refractivity (Wildman–Crippen MR) is 68.5 cm³/mol. The summed E-state index contributed by atoms with van der Waals surface area (Å²) in [5.74, 6) is -0.201. The van der Waals surface area contributed by atoms with E-state index in [1.807, 2.05) is 23.8 Å². The molecule has 1 N–H and O–H groups in total. The molecule has 2 rings (SSSR count). The molecule has 1 heterocycles. The first-order chi connectivity index (χ1) is 8.65. The Balaban J connectivity index is 2.55. The molecule has 0 unspecified atom stereocenters. The van der Waals surface area contributed by atoms with Crippen LogP contribution in [0, 0.1) is 0 Å². The van der Waals surface area contributed by atoms with Crippen LogP contribution in [0.5, 0.6) is 5.75 Å². The lowest BCUT2D eigenvalue weighted by atomic mass is 10.0. The van der Waals surface area contributed by atoms with E-state index in [0.717, 1.165) is 17.7 Å². The zero-order valence-corrected chi connectivity index (χ0v) is 10.4. The summed E-state index contributed by atoms with van der Waals surface area (Å²) in [7, 11) is 1.36. The number of aromatic nitrogens is 1. The minimum atomic E-state index is -0.374. The molecule has 1 aromatic carbocycles. The van der Waals surface area contributed by atoms with Crippen molar-refractivity contribution in [1.29, 1.82) is 0 Å². The summed E-state index contributed by atoms with van der Waals surface area (Å²) >= 11 is 0. The van der Waals surface area contributed by atoms with Crippen molar-refractivity contribution in [3.05, 3.63) is 42.2 Å². The summed E-state index contributed by atoms with van der Waals surface area (Å²) in [6, 6.07) is 6.82. The van der Waals surface area contributed by atoms with Crippen molar-refractivity contribution in [2.75, 3.05) is 7.11 Å². The number of methoxy groups -OCH3 is 1. The Morgan fingerprint density at radius 3 is 2.78 bits per heavy atom. The minimum Gasteiger partial charge on any atom is -0.508 e. The smallest absolute Gasteiger partial charge is 0.340 e. The Morgan fingerprint density at radius 2 is 2.17 bits per heavy atom. The van der Waals surface area contributed by atoms with Gasteiger partial charge in [-0.25, -0.2) is 4.79 Å². The zero-order chi connectivity index (χ0) is 13.1. The average molecular weight is 245 g/mol. The van der Waals surface area contributed by atoms with Gasteiger partial charge in [-0.3, -0.25) is 0 Å². The summed E-state index contributed by atoms with van der Waals surface area (Å²) in [6.07, 6.45) is 3.63. The molecular weight excluding hydrogens is 230 g/mol. The third-order valence-electron chi connectivity index (χ3n) is 2.81. The van der Waals surface area contributed by atoms with Crippen molar-refractivity contribution in [3.63, 3.8) is 0 Å². The van der Waals surface area contributed by atoms with Crippen LogP contribution < -0.4 is 0 Å². The van der Waals surface area contributed by atoms with E-state index in [9.17, 15) is 9.90 Å². The normalized spacial score (nSPS) is 10.3. The van der Waals surface area contributed by atoms with Gasteiger partial charge in [0.25, 0.3) is 0 Å². The van der Waals surface area contributed by atoms with Crippen LogP contribution in [0.2, 0.25) is 0 Å². The summed E-state index contributed by atoms with van der Waals surface area (Å²) < 4.78 is 6.68. The van der Waals surface area contributed by atoms with Gasteiger partial charge >= 0.3 is 5.97 Å². The van der Waals surface area contributed by atoms with E-state index in [1.54, 1.807) is 24.4 Å². The van der Waals surface area contributed by atoms with E-state index in [4.69, 9.17) is 4.74 Å². The van der Waals surface area contributed by atoms with Gasteiger partial charge in [-0.1, -0.05) is 12.1 Å². The topological polar surface area (TPSA) is 51.5 Å². The first-order valence-corrected chi connectivity index (χ1v) is 5.73. The van der Waals surface area contributed by atoms with Crippen molar-refractivity contribution in [3.8, 4) is 16.9 Å². The van der Waals surface area contributed by atoms with Crippen molar-refractivity contribution in [2.45, 2.75) is 13.5 Å². The molecule has 0 spiro atoms. The van der Waals surface area contributed by atoms with Gasteiger partial charge in [0.15, 0.2) is 0 Å². The molecule has 0 atom stereocenters. The number of phenols is 1. The van der Waals surface area contributed by atoms with Crippen LogP contribution in [0.1, 0.15) is 17.3 Å². The van der Waals surface area contributed by atoms with Crippen molar-refractivity contribution < 1.29 is 14.6 Å². The number of hydrogen-bond acceptors (Lipinski definition) is 3. The molecule has 0 aliphatic heterocycles. The fourth-order valence-electron chi connectivity index (χ4n) is 1.87. The largest absolute Gasteiger partial charge is 0.508 e. The van der Waals surface area contributed by atoms with Crippen LogP contribution in [0.4, 0.5) is 0 Å². The molecule has 0 bridgehead atoms. The molecule has 94 valence electrons. The van der Waals surface area contributed by atoms with Crippen LogP contribution in [0.3, 0.4) is 0 Å². The van der Waals surface area contributed by atoms with Crippen LogP contribution >= 0.6 is 0 Å². The molecule has 2 aromatic rings. The van der Waals surface area contributed by atoms with E-state index in [2.05, 4.69) is 0 Å². The van der Waals surface area contributed by atoms with Gasteiger partial charge < -0.3 is 14.4 Å². The third-order valence-corrected chi connectivity index (χ3v) is 2.81. The first kappa shape index (κ1) is 12.2. The highest BCUT2D eigenvalue weighted by atomic mass is 16.5. The Bertz CT molecular complexity index is 572. The molecule has 0 radical (unpaired) electrons. The summed E-state index contributed by atoms with van der Waals surface area (Å²) in [6.45, 7) is 2.76. The van der Waals surface area contributed by atoms with Gasteiger partial charge in [0.1, 0.15) is 5.75 Å². The number of carbonyl (C=O) groups is 1. The number of phenolic OH excluding ortho intramolecular Hbond substituents is 1. The summed E-state index contributed by atoms with van der Waals surface area (Å²) in [4.78, 5) is 11.7. The second-order valence-electron chi connectivity index (χ2n) is 3.96. The highest BCUT2D eigenvalue weighted by molar-refractivity contribution is 5.97. The number of nitrogens with zero attached hydrogens (tertiary/aromatic N) is 1. The second kappa shape index (κ2) is 4.96. The highest BCUT2D eigenvalue weighted by Crippen LogP contribution is 2.28. The first-order valence-electron chi connectivity index (χ1n) is 5.73. The van der Waals surface area contributed by atoms with Crippen LogP contribution in [0.15, 0.2) is 36.7 Å². The number of rotatable bonds is 3. The maximum Gasteiger partial charge on any atom is 0.340 e. The molecule has 4 heteroatoms. The molecule has 0 amide bonds. The fourth-order valence-corrected chi connectivity index (χ4v) is 1.87. The summed E-state index contributed by atoms with van der Waals surface area (Å²) in [5.41, 5.74) is 2.06. The number of carbonyl (C=O) groups excluding carboxylic acids is 1. The number of ether oxygens (including phenoxy) is 1. The average Bonchev–Trinajstić information content (AvgIpc) is 2.82. The molecule has 0 fully saturated rings. The zero-order valence-electron chi connectivity index (χ0n) is 10.4. The van der Waals surface area contributed by atoms with Gasteiger partial charge in [0.05, 0.1) is 12.7 Å². The van der Waals surface area contributed by atoms with Gasteiger partial charge in [0, 0.05) is 24.5 Å². The standard InChI is InChI=1S/C14H15NO3/c1-3-15-8-12(13(9-15)14(17)18-2)10-5-4-6-11(16)7-10/h4-9,16H,3H2,1-2H3. The number of benzene rings is 1. The lowest BCUT2D eigenvalue weighted by Crippen LogP contribution is -2.01. The number of hydrogen-bond donors (Lipinski definition) is 1. The molecule has 18 heavy (non-hydrogen) atoms. The quantitative estimate of drug-likeness (QED) is 0.846. The Labute approximate surface area is 105 Å². The number of aryl methyl sites for hydroxylation is 1. The van der Waals surface area contributed by atoms with E-state index in [-0.39, 0.29) is 11.7 Å². The summed E-state index contributed by atoms with van der Waals surface area (Å²) in [5, 5.41) is 9.50. The van der Waals surface area contributed by atoms with Crippen LogP contribution in [0.25, 0.3) is 11.1 Å². The molecule has 0 aliphatic rings.